The van der Waals surface area contributed by atoms with Gasteiger partial charge in [-0.1, -0.05) is 43.6 Å². The molecule has 4 N–H and O–H groups in total. The third-order valence-corrected chi connectivity index (χ3v) is 6.33. The Morgan fingerprint density at radius 2 is 1.71 bits per heavy atom. The normalized spacial score (nSPS) is 15.7. The number of carbonyl (C=O) groups excluding carboxylic acids is 1. The number of nitrogens with zero attached hydrogens (tertiary/aromatic N) is 1. The number of halogens is 1. The molecule has 0 saturated heterocycles. The van der Waals surface area contributed by atoms with E-state index >= 15 is 0 Å². The molecule has 10 heteroatoms. The molecule has 0 saturated carbocycles. The van der Waals surface area contributed by atoms with Crippen molar-refractivity contribution in [3.63, 3.8) is 0 Å². The number of hydrogen-bond acceptors (Lipinski definition) is 6. The second-order valence-electron chi connectivity index (χ2n) is 10.2. The number of carboxylic acids is 1. The van der Waals surface area contributed by atoms with Crippen molar-refractivity contribution in [1.82, 2.24) is 9.88 Å². The standard InChI is InChI=1S/C25H33ClN2O7/c1-24(2,3)35-23(33)27-17(34-13-14-9-6-7-10-15(14)26)12-8-11-16(22(31)32)28-20(29)18-19(21(28)30)25(18,4)5/h6-7,9-10,16-17,29-30H,8,11-13H2,1-5H3,(H,27,33)(H,31,32)/t16-,17?/m0/s1. The average molecular weight is 509 g/mol. The van der Waals surface area contributed by atoms with Crippen molar-refractivity contribution in [3.8, 4) is 11.8 Å². The molecule has 1 aromatic carbocycles. The Kier molecular flexibility index (Phi) is 7.62. The Morgan fingerprint density at radius 1 is 1.11 bits per heavy atom. The quantitative estimate of drug-likeness (QED) is 0.330. The number of aromatic nitrogens is 1. The molecule has 192 valence electrons. The number of benzene rings is 1. The van der Waals surface area contributed by atoms with Gasteiger partial charge in [0.2, 0.25) is 0 Å². The molecule has 35 heavy (non-hydrogen) atoms. The molecule has 9 nitrogen and oxygen atoms in total. The fraction of sp³-hybridized carbons (Fsp3) is 0.520. The van der Waals surface area contributed by atoms with Crippen LogP contribution in [0.1, 0.15) is 76.6 Å². The maximum atomic E-state index is 12.3. The summed E-state index contributed by atoms with van der Waals surface area (Å²) in [6, 6.07) is 5.98. The summed E-state index contributed by atoms with van der Waals surface area (Å²) in [7, 11) is 0. The Morgan fingerprint density at radius 3 is 2.26 bits per heavy atom. The first-order valence-electron chi connectivity index (χ1n) is 11.5. The molecule has 2 aromatic rings. The second kappa shape index (κ2) is 9.99. The highest BCUT2D eigenvalue weighted by molar-refractivity contribution is 6.31. The van der Waals surface area contributed by atoms with E-state index in [1.165, 1.54) is 0 Å². The van der Waals surface area contributed by atoms with Gasteiger partial charge in [0, 0.05) is 21.6 Å². The summed E-state index contributed by atoms with van der Waals surface area (Å²) in [6.45, 7) is 9.05. The molecule has 1 aliphatic rings. The molecule has 3 rings (SSSR count). The number of nitrogens with one attached hydrogen (secondary N) is 1. The van der Waals surface area contributed by atoms with Crippen molar-refractivity contribution in [2.24, 2.45) is 0 Å². The summed E-state index contributed by atoms with van der Waals surface area (Å²) in [5.41, 5.74) is 0.706. The van der Waals surface area contributed by atoms with Crippen molar-refractivity contribution >= 4 is 23.7 Å². The number of aromatic hydroxyl groups is 2. The minimum absolute atomic E-state index is 0.0897. The molecular weight excluding hydrogens is 476 g/mol. The lowest BCUT2D eigenvalue weighted by atomic mass is 10.1. The molecule has 1 aromatic heterocycles. The van der Waals surface area contributed by atoms with Gasteiger partial charge < -0.3 is 24.8 Å². The van der Waals surface area contributed by atoms with Crippen LogP contribution in [0, 0.1) is 0 Å². The van der Waals surface area contributed by atoms with E-state index in [0.717, 1.165) is 10.1 Å². The molecule has 2 atom stereocenters. The predicted octanol–water partition coefficient (Wildman–Crippen LogP) is 5.06. The van der Waals surface area contributed by atoms with E-state index in [1.54, 1.807) is 39.0 Å². The molecular formula is C25H33ClN2O7. The lowest BCUT2D eigenvalue weighted by Crippen LogP contribution is -2.40. The molecule has 0 radical (unpaired) electrons. The number of amides is 1. The van der Waals surface area contributed by atoms with Crippen molar-refractivity contribution in [1.29, 1.82) is 0 Å². The Bertz CT molecular complexity index is 1070. The third kappa shape index (κ3) is 6.02. The number of fused-ring (bicyclic) bond motifs is 1. The van der Waals surface area contributed by atoms with E-state index in [-0.39, 0.29) is 31.2 Å². The molecule has 0 bridgehead atoms. The van der Waals surface area contributed by atoms with Gasteiger partial charge in [0.15, 0.2) is 11.8 Å². The van der Waals surface area contributed by atoms with E-state index in [2.05, 4.69) is 5.32 Å². The van der Waals surface area contributed by atoms with Crippen LogP contribution in [-0.4, -0.2) is 43.8 Å². The van der Waals surface area contributed by atoms with Gasteiger partial charge in [-0.2, -0.15) is 0 Å². The molecule has 0 aliphatic heterocycles. The fourth-order valence-electron chi connectivity index (χ4n) is 4.19. The Balaban J connectivity index is 1.68. The molecule has 1 aliphatic carbocycles. The van der Waals surface area contributed by atoms with Gasteiger partial charge in [-0.05, 0) is 51.7 Å². The zero-order valence-electron chi connectivity index (χ0n) is 20.6. The van der Waals surface area contributed by atoms with Crippen molar-refractivity contribution < 1.29 is 34.4 Å². The number of carboxylic acid groups (broad SMARTS) is 1. The maximum absolute atomic E-state index is 12.3. The smallest absolute Gasteiger partial charge is 0.409 e. The van der Waals surface area contributed by atoms with E-state index in [4.69, 9.17) is 21.1 Å². The van der Waals surface area contributed by atoms with E-state index in [1.807, 2.05) is 19.9 Å². The van der Waals surface area contributed by atoms with Crippen LogP contribution < -0.4 is 5.32 Å². The topological polar surface area (TPSA) is 130 Å². The molecule has 1 unspecified atom stereocenters. The van der Waals surface area contributed by atoms with Gasteiger partial charge >= 0.3 is 12.1 Å². The summed E-state index contributed by atoms with van der Waals surface area (Å²) in [4.78, 5) is 24.3. The average Bonchev–Trinajstić information content (AvgIpc) is 3.20. The second-order valence-corrected chi connectivity index (χ2v) is 10.6. The first kappa shape index (κ1) is 26.7. The van der Waals surface area contributed by atoms with E-state index in [0.29, 0.717) is 22.6 Å². The zero-order chi connectivity index (χ0) is 26.1. The zero-order valence-corrected chi connectivity index (χ0v) is 21.3. The Hall–Kier alpha value is -2.91. The first-order valence-corrected chi connectivity index (χ1v) is 11.9. The highest BCUT2D eigenvalue weighted by Crippen LogP contribution is 2.61. The van der Waals surface area contributed by atoms with Gasteiger partial charge in [-0.25, -0.2) is 9.59 Å². The minimum atomic E-state index is -1.18. The molecule has 0 fully saturated rings. The summed E-state index contributed by atoms with van der Waals surface area (Å²) >= 11 is 6.20. The summed E-state index contributed by atoms with van der Waals surface area (Å²) in [6.07, 6.45) is -0.776. The predicted molar refractivity (Wildman–Crippen MR) is 130 cm³/mol. The lowest BCUT2D eigenvalue weighted by Gasteiger charge is -2.25. The minimum Gasteiger partial charge on any atom is -0.494 e. The number of rotatable bonds is 10. The monoisotopic (exact) mass is 508 g/mol. The number of alkyl carbamates (subject to hydrolysis) is 1. The summed E-state index contributed by atoms with van der Waals surface area (Å²) in [5, 5.41) is 34.0. The molecule has 0 spiro atoms. The van der Waals surface area contributed by atoms with Gasteiger partial charge in [-0.3, -0.25) is 9.88 Å². The van der Waals surface area contributed by atoms with Crippen LogP contribution in [0.2, 0.25) is 5.02 Å². The highest BCUT2D eigenvalue weighted by Gasteiger charge is 2.53. The third-order valence-electron chi connectivity index (χ3n) is 5.96. The van der Waals surface area contributed by atoms with Gasteiger partial charge in [0.25, 0.3) is 0 Å². The van der Waals surface area contributed by atoms with E-state index in [9.17, 15) is 24.9 Å². The van der Waals surface area contributed by atoms with Crippen LogP contribution in [-0.2, 0) is 26.3 Å². The fourth-order valence-corrected chi connectivity index (χ4v) is 4.38. The van der Waals surface area contributed by atoms with Crippen LogP contribution in [0.5, 0.6) is 11.8 Å². The SMILES string of the molecule is CC(C)(C)OC(=O)NC(CCC[C@@H](C(=O)O)n1c(O)c2c(c1O)C2(C)C)OCc1ccccc1Cl. The molecule has 1 heterocycles. The van der Waals surface area contributed by atoms with Crippen LogP contribution in [0.3, 0.4) is 0 Å². The maximum Gasteiger partial charge on any atom is 0.409 e. The van der Waals surface area contributed by atoms with E-state index < -0.39 is 35.3 Å². The summed E-state index contributed by atoms with van der Waals surface area (Å²) < 4.78 is 12.3. The van der Waals surface area contributed by atoms with Crippen molar-refractivity contribution in [2.45, 2.75) is 83.8 Å². The van der Waals surface area contributed by atoms with Crippen LogP contribution >= 0.6 is 11.6 Å². The molecule has 1 amide bonds. The number of carbonyl (C=O) groups is 2. The highest BCUT2D eigenvalue weighted by atomic mass is 35.5. The number of ether oxygens (including phenoxy) is 2. The van der Waals surface area contributed by atoms with Crippen molar-refractivity contribution in [3.05, 3.63) is 46.0 Å². The summed E-state index contributed by atoms with van der Waals surface area (Å²) in [5.74, 6) is -1.64. The van der Waals surface area contributed by atoms with Gasteiger partial charge in [0.05, 0.1) is 6.61 Å². The largest absolute Gasteiger partial charge is 0.494 e. The van der Waals surface area contributed by atoms with Crippen LogP contribution in [0.15, 0.2) is 24.3 Å². The first-order chi connectivity index (χ1) is 16.2. The van der Waals surface area contributed by atoms with Gasteiger partial charge in [-0.15, -0.1) is 0 Å². The number of aliphatic carboxylic acids is 1. The number of hydrogen-bond donors (Lipinski definition) is 4. The van der Waals surface area contributed by atoms with Crippen LogP contribution in [0.25, 0.3) is 0 Å². The van der Waals surface area contributed by atoms with Crippen molar-refractivity contribution in [2.75, 3.05) is 0 Å². The lowest BCUT2D eigenvalue weighted by molar-refractivity contribution is -0.141. The Labute approximate surface area is 209 Å². The van der Waals surface area contributed by atoms with Gasteiger partial charge in [0.1, 0.15) is 17.9 Å². The van der Waals surface area contributed by atoms with Crippen LogP contribution in [0.4, 0.5) is 4.79 Å².